The normalized spacial score (nSPS) is 14.6. The minimum Gasteiger partial charge on any atom is -0.355 e. The zero-order valence-corrected chi connectivity index (χ0v) is 12.2. The van der Waals surface area contributed by atoms with Crippen LogP contribution in [0.3, 0.4) is 0 Å². The molecule has 1 amide bonds. The SMILES string of the molecule is O=C(c1ccc2noc(-c3ccccc3)c2c1)N1CCCC1. The molecule has 1 saturated heterocycles. The molecule has 4 heteroatoms. The summed E-state index contributed by atoms with van der Waals surface area (Å²) in [4.78, 5) is 14.4. The Bertz CT molecular complexity index is 817. The van der Waals surface area contributed by atoms with Crippen molar-refractivity contribution in [3.05, 3.63) is 54.1 Å². The van der Waals surface area contributed by atoms with Gasteiger partial charge in [-0.25, -0.2) is 0 Å². The second-order valence-electron chi connectivity index (χ2n) is 5.61. The lowest BCUT2D eigenvalue weighted by Gasteiger charge is -2.14. The topological polar surface area (TPSA) is 46.3 Å². The van der Waals surface area contributed by atoms with E-state index in [2.05, 4.69) is 5.16 Å². The number of likely N-dealkylation sites (tertiary alicyclic amines) is 1. The second-order valence-corrected chi connectivity index (χ2v) is 5.61. The fourth-order valence-electron chi connectivity index (χ4n) is 2.98. The van der Waals surface area contributed by atoms with E-state index < -0.39 is 0 Å². The molecular formula is C18H16N2O2. The molecule has 2 heterocycles. The van der Waals surface area contributed by atoms with Crippen molar-refractivity contribution in [1.82, 2.24) is 10.1 Å². The van der Waals surface area contributed by atoms with Crippen molar-refractivity contribution in [3.63, 3.8) is 0 Å². The molecule has 3 aromatic rings. The molecule has 110 valence electrons. The number of aromatic nitrogens is 1. The molecule has 0 radical (unpaired) electrons. The maximum atomic E-state index is 12.5. The zero-order chi connectivity index (χ0) is 14.9. The van der Waals surface area contributed by atoms with Crippen molar-refractivity contribution < 1.29 is 9.32 Å². The molecule has 1 fully saturated rings. The number of benzene rings is 2. The minimum absolute atomic E-state index is 0.0969. The van der Waals surface area contributed by atoms with E-state index >= 15 is 0 Å². The van der Waals surface area contributed by atoms with Gasteiger partial charge in [0.2, 0.25) is 0 Å². The van der Waals surface area contributed by atoms with Gasteiger partial charge >= 0.3 is 0 Å². The van der Waals surface area contributed by atoms with Gasteiger partial charge in [-0.05, 0) is 31.0 Å². The quantitative estimate of drug-likeness (QED) is 0.723. The summed E-state index contributed by atoms with van der Waals surface area (Å²) >= 11 is 0. The van der Waals surface area contributed by atoms with Crippen molar-refractivity contribution in [2.24, 2.45) is 0 Å². The van der Waals surface area contributed by atoms with E-state index in [4.69, 9.17) is 4.52 Å². The Kier molecular flexibility index (Phi) is 3.15. The van der Waals surface area contributed by atoms with E-state index in [0.717, 1.165) is 42.4 Å². The molecule has 4 rings (SSSR count). The van der Waals surface area contributed by atoms with Crippen molar-refractivity contribution in [2.45, 2.75) is 12.8 Å². The van der Waals surface area contributed by atoms with Crippen LogP contribution in [0.1, 0.15) is 23.2 Å². The number of carbonyl (C=O) groups excluding carboxylic acids is 1. The van der Waals surface area contributed by atoms with Crippen LogP contribution in [0, 0.1) is 0 Å². The summed E-state index contributed by atoms with van der Waals surface area (Å²) in [7, 11) is 0. The molecule has 4 nitrogen and oxygen atoms in total. The van der Waals surface area contributed by atoms with Gasteiger partial charge in [0, 0.05) is 24.2 Å². The van der Waals surface area contributed by atoms with Crippen LogP contribution in [0.2, 0.25) is 0 Å². The molecule has 1 aliphatic heterocycles. The number of carbonyl (C=O) groups is 1. The van der Waals surface area contributed by atoms with Gasteiger partial charge in [-0.3, -0.25) is 4.79 Å². The Hall–Kier alpha value is -2.62. The molecule has 22 heavy (non-hydrogen) atoms. The Balaban J connectivity index is 1.78. The van der Waals surface area contributed by atoms with E-state index in [1.165, 1.54) is 0 Å². The van der Waals surface area contributed by atoms with Crippen LogP contribution < -0.4 is 0 Å². The summed E-state index contributed by atoms with van der Waals surface area (Å²) in [5.41, 5.74) is 2.45. The monoisotopic (exact) mass is 292 g/mol. The number of fused-ring (bicyclic) bond motifs is 1. The molecule has 1 aromatic heterocycles. The van der Waals surface area contributed by atoms with Crippen LogP contribution in [-0.4, -0.2) is 29.1 Å². The largest absolute Gasteiger partial charge is 0.355 e. The Labute approximate surface area is 128 Å². The summed E-state index contributed by atoms with van der Waals surface area (Å²) in [5, 5.41) is 4.98. The molecule has 0 N–H and O–H groups in total. The van der Waals surface area contributed by atoms with E-state index in [1.54, 1.807) is 0 Å². The van der Waals surface area contributed by atoms with Crippen LogP contribution in [0.4, 0.5) is 0 Å². The molecule has 0 saturated carbocycles. The van der Waals surface area contributed by atoms with Crippen molar-refractivity contribution in [3.8, 4) is 11.3 Å². The minimum atomic E-state index is 0.0969. The molecular weight excluding hydrogens is 276 g/mol. The lowest BCUT2D eigenvalue weighted by molar-refractivity contribution is 0.0793. The third-order valence-corrected chi connectivity index (χ3v) is 4.15. The smallest absolute Gasteiger partial charge is 0.253 e. The predicted octanol–water partition coefficient (Wildman–Crippen LogP) is 3.73. The van der Waals surface area contributed by atoms with E-state index in [-0.39, 0.29) is 5.91 Å². The summed E-state index contributed by atoms with van der Waals surface area (Å²) in [6.07, 6.45) is 2.19. The maximum Gasteiger partial charge on any atom is 0.253 e. The van der Waals surface area contributed by atoms with Crippen molar-refractivity contribution in [1.29, 1.82) is 0 Å². The summed E-state index contributed by atoms with van der Waals surface area (Å²) in [5.74, 6) is 0.811. The van der Waals surface area contributed by atoms with Gasteiger partial charge in [-0.15, -0.1) is 0 Å². The van der Waals surface area contributed by atoms with Gasteiger partial charge in [-0.1, -0.05) is 35.5 Å². The van der Waals surface area contributed by atoms with Crippen LogP contribution in [0.25, 0.3) is 22.2 Å². The zero-order valence-electron chi connectivity index (χ0n) is 12.2. The summed E-state index contributed by atoms with van der Waals surface area (Å²) in [6, 6.07) is 15.4. The van der Waals surface area contributed by atoms with Gasteiger partial charge in [-0.2, -0.15) is 0 Å². The summed E-state index contributed by atoms with van der Waals surface area (Å²) in [6.45, 7) is 1.71. The van der Waals surface area contributed by atoms with Gasteiger partial charge in [0.15, 0.2) is 5.76 Å². The average molecular weight is 292 g/mol. The molecule has 0 unspecified atom stereocenters. The van der Waals surface area contributed by atoms with Crippen LogP contribution in [0.15, 0.2) is 53.1 Å². The van der Waals surface area contributed by atoms with Gasteiger partial charge in [0.1, 0.15) is 5.52 Å². The molecule has 1 aliphatic rings. The first kappa shape index (κ1) is 13.1. The predicted molar refractivity (Wildman–Crippen MR) is 84.6 cm³/mol. The first-order chi connectivity index (χ1) is 10.8. The van der Waals surface area contributed by atoms with Gasteiger partial charge in [0.05, 0.1) is 5.39 Å². The first-order valence-corrected chi connectivity index (χ1v) is 7.57. The fourth-order valence-corrected chi connectivity index (χ4v) is 2.98. The molecule has 0 atom stereocenters. The standard InChI is InChI=1S/C18H16N2O2/c21-18(20-10-4-5-11-20)14-8-9-16-15(12-14)17(22-19-16)13-6-2-1-3-7-13/h1-3,6-9,12H,4-5,10-11H2. The third kappa shape index (κ3) is 2.17. The Morgan fingerprint density at radius 2 is 1.82 bits per heavy atom. The van der Waals surface area contributed by atoms with Gasteiger partial charge < -0.3 is 9.42 Å². The molecule has 0 spiro atoms. The lowest BCUT2D eigenvalue weighted by atomic mass is 10.1. The van der Waals surface area contributed by atoms with Crippen molar-refractivity contribution in [2.75, 3.05) is 13.1 Å². The highest BCUT2D eigenvalue weighted by Gasteiger charge is 2.21. The van der Waals surface area contributed by atoms with Crippen molar-refractivity contribution >= 4 is 16.8 Å². The van der Waals surface area contributed by atoms with Crippen LogP contribution in [0.5, 0.6) is 0 Å². The number of rotatable bonds is 2. The number of hydrogen-bond acceptors (Lipinski definition) is 3. The number of nitrogens with zero attached hydrogens (tertiary/aromatic N) is 2. The number of amides is 1. The van der Waals surface area contributed by atoms with E-state index in [0.29, 0.717) is 11.3 Å². The third-order valence-electron chi connectivity index (χ3n) is 4.15. The van der Waals surface area contributed by atoms with E-state index in [9.17, 15) is 4.79 Å². The Morgan fingerprint density at radius 3 is 2.59 bits per heavy atom. The van der Waals surface area contributed by atoms with Crippen LogP contribution >= 0.6 is 0 Å². The molecule has 2 aromatic carbocycles. The lowest BCUT2D eigenvalue weighted by Crippen LogP contribution is -2.27. The fraction of sp³-hybridized carbons (Fsp3) is 0.222. The average Bonchev–Trinajstić information content (AvgIpc) is 3.24. The Morgan fingerprint density at radius 1 is 1.05 bits per heavy atom. The summed E-state index contributed by atoms with van der Waals surface area (Å²) < 4.78 is 5.49. The molecule has 0 aliphatic carbocycles. The highest BCUT2D eigenvalue weighted by atomic mass is 16.5. The second kappa shape index (κ2) is 5.30. The van der Waals surface area contributed by atoms with Crippen LogP contribution in [-0.2, 0) is 0 Å². The first-order valence-electron chi connectivity index (χ1n) is 7.57. The highest BCUT2D eigenvalue weighted by Crippen LogP contribution is 2.29. The van der Waals surface area contributed by atoms with Gasteiger partial charge in [0.25, 0.3) is 5.91 Å². The molecule has 0 bridgehead atoms. The van der Waals surface area contributed by atoms with E-state index in [1.807, 2.05) is 53.4 Å². The highest BCUT2D eigenvalue weighted by molar-refractivity contribution is 6.01. The number of hydrogen-bond donors (Lipinski definition) is 0. The maximum absolute atomic E-state index is 12.5.